The number of aromatic nitrogens is 2. The van der Waals surface area contributed by atoms with Crippen LogP contribution in [-0.2, 0) is 0 Å². The van der Waals surface area contributed by atoms with Crippen LogP contribution in [0.25, 0.3) is 44.3 Å². The van der Waals surface area contributed by atoms with Crippen LogP contribution in [0.2, 0.25) is 0 Å². The maximum atomic E-state index is 6.00. The lowest BCUT2D eigenvalue weighted by Crippen LogP contribution is -2.04. The molecule has 6 nitrogen and oxygen atoms in total. The van der Waals surface area contributed by atoms with Crippen molar-refractivity contribution >= 4 is 21.8 Å². The van der Waals surface area contributed by atoms with Crippen molar-refractivity contribution in [3.63, 3.8) is 0 Å². The summed E-state index contributed by atoms with van der Waals surface area (Å²) in [6.07, 6.45) is 3.60. The van der Waals surface area contributed by atoms with Gasteiger partial charge in [0.25, 0.3) is 0 Å². The summed E-state index contributed by atoms with van der Waals surface area (Å²) >= 11 is 0. The molecule has 4 aromatic carbocycles. The zero-order valence-electron chi connectivity index (χ0n) is 24.6. The van der Waals surface area contributed by atoms with Gasteiger partial charge in [-0.05, 0) is 98.5 Å². The molecule has 10 bridgehead atoms. The van der Waals surface area contributed by atoms with Gasteiger partial charge >= 0.3 is 0 Å². The molecule has 5 heterocycles. The summed E-state index contributed by atoms with van der Waals surface area (Å²) in [5.74, 6) is 3.33. The third-order valence-corrected chi connectivity index (χ3v) is 7.78. The van der Waals surface area contributed by atoms with Gasteiger partial charge in [-0.15, -0.1) is 0 Å². The largest absolute Gasteiger partial charge is 0.494 e. The number of hydrogen-bond donors (Lipinski definition) is 0. The van der Waals surface area contributed by atoms with Crippen molar-refractivity contribution in [3.05, 3.63) is 109 Å². The second-order valence-electron chi connectivity index (χ2n) is 10.9. The SMILES string of the molecule is c1cc2cc(c1)OCCCCOc1ccc(cc1)-c1ccc3ccc4ccc(nc4c3n1)-c1ccc(cc1)OCCCCO2. The summed E-state index contributed by atoms with van der Waals surface area (Å²) in [5, 5.41) is 2.12. The fraction of sp³-hybridized carbons (Fsp3) is 0.211. The summed E-state index contributed by atoms with van der Waals surface area (Å²) in [6, 6.07) is 36.7. The number of nitrogens with zero attached hydrogens (tertiary/aromatic N) is 2. The minimum atomic E-state index is 0.628. The number of pyridine rings is 2. The lowest BCUT2D eigenvalue weighted by atomic mass is 10.1. The molecule has 2 aromatic heterocycles. The van der Waals surface area contributed by atoms with Gasteiger partial charge in [-0.25, -0.2) is 9.97 Å². The predicted octanol–water partition coefficient (Wildman–Crippen LogP) is 8.91. The Morgan fingerprint density at radius 2 is 0.773 bits per heavy atom. The van der Waals surface area contributed by atoms with Crippen LogP contribution < -0.4 is 18.9 Å². The molecule has 0 amide bonds. The van der Waals surface area contributed by atoms with E-state index in [0.717, 1.165) is 93.0 Å². The molecule has 0 spiro atoms. The number of ether oxygens (including phenoxy) is 4. The molecule has 6 aromatic rings. The van der Waals surface area contributed by atoms with E-state index in [2.05, 4.69) is 60.7 Å². The first kappa shape index (κ1) is 27.7. The highest BCUT2D eigenvalue weighted by Crippen LogP contribution is 2.30. The van der Waals surface area contributed by atoms with Crippen LogP contribution >= 0.6 is 0 Å². The third kappa shape index (κ3) is 6.45. The van der Waals surface area contributed by atoms with Crippen LogP contribution in [0.5, 0.6) is 23.0 Å². The summed E-state index contributed by atoms with van der Waals surface area (Å²) in [4.78, 5) is 10.2. The molecule has 9 rings (SSSR count). The van der Waals surface area contributed by atoms with Crippen molar-refractivity contribution in [2.75, 3.05) is 26.4 Å². The van der Waals surface area contributed by atoms with Crippen LogP contribution in [0.15, 0.2) is 109 Å². The predicted molar refractivity (Wildman–Crippen MR) is 175 cm³/mol. The smallest absolute Gasteiger partial charge is 0.122 e. The van der Waals surface area contributed by atoms with Gasteiger partial charge < -0.3 is 18.9 Å². The van der Waals surface area contributed by atoms with E-state index in [0.29, 0.717) is 26.4 Å². The zero-order valence-corrected chi connectivity index (χ0v) is 24.6. The second-order valence-corrected chi connectivity index (χ2v) is 10.9. The van der Waals surface area contributed by atoms with E-state index in [9.17, 15) is 0 Å². The number of hydrogen-bond acceptors (Lipinski definition) is 6. The van der Waals surface area contributed by atoms with Crippen molar-refractivity contribution in [1.82, 2.24) is 9.97 Å². The highest BCUT2D eigenvalue weighted by atomic mass is 16.5. The van der Waals surface area contributed by atoms with Crippen molar-refractivity contribution in [2.24, 2.45) is 0 Å². The maximum Gasteiger partial charge on any atom is 0.122 e. The van der Waals surface area contributed by atoms with E-state index < -0.39 is 0 Å². The minimum absolute atomic E-state index is 0.628. The highest BCUT2D eigenvalue weighted by Gasteiger charge is 2.10. The van der Waals surface area contributed by atoms with Crippen LogP contribution in [0.3, 0.4) is 0 Å². The minimum Gasteiger partial charge on any atom is -0.494 e. The Morgan fingerprint density at radius 1 is 0.386 bits per heavy atom. The molecule has 6 heteroatoms. The van der Waals surface area contributed by atoms with Gasteiger partial charge in [0.15, 0.2) is 0 Å². The van der Waals surface area contributed by atoms with Gasteiger partial charge in [0.1, 0.15) is 23.0 Å². The third-order valence-electron chi connectivity index (χ3n) is 7.78. The molecule has 44 heavy (non-hydrogen) atoms. The van der Waals surface area contributed by atoms with Crippen molar-refractivity contribution < 1.29 is 18.9 Å². The van der Waals surface area contributed by atoms with Crippen LogP contribution in [0, 0.1) is 0 Å². The Bertz CT molecular complexity index is 1740. The van der Waals surface area contributed by atoms with E-state index >= 15 is 0 Å². The molecule has 0 unspecified atom stereocenters. The fourth-order valence-electron chi connectivity index (χ4n) is 5.36. The van der Waals surface area contributed by atoms with Crippen molar-refractivity contribution in [1.29, 1.82) is 0 Å². The van der Waals surface area contributed by atoms with E-state index in [-0.39, 0.29) is 0 Å². The number of rotatable bonds is 0. The first-order valence-corrected chi connectivity index (χ1v) is 15.3. The summed E-state index contributed by atoms with van der Waals surface area (Å²) in [5.41, 5.74) is 5.66. The van der Waals surface area contributed by atoms with Crippen molar-refractivity contribution in [3.8, 4) is 45.5 Å². The van der Waals surface area contributed by atoms with E-state index in [1.807, 2.05) is 48.5 Å². The van der Waals surface area contributed by atoms with Gasteiger partial charge in [-0.3, -0.25) is 0 Å². The Hall–Kier alpha value is -5.10. The molecule has 0 saturated carbocycles. The maximum absolute atomic E-state index is 6.00. The highest BCUT2D eigenvalue weighted by molar-refractivity contribution is 6.04. The normalized spacial score (nSPS) is 14.4. The molecule has 3 aliphatic heterocycles. The Balaban J connectivity index is 1.15. The van der Waals surface area contributed by atoms with Gasteiger partial charge in [0.05, 0.1) is 48.8 Å². The Kier molecular flexibility index (Phi) is 8.22. The summed E-state index contributed by atoms with van der Waals surface area (Å²) < 4.78 is 23.9. The van der Waals surface area contributed by atoms with Crippen LogP contribution in [-0.4, -0.2) is 36.4 Å². The van der Waals surface area contributed by atoms with Gasteiger partial charge in [0, 0.05) is 28.0 Å². The average molecular weight is 583 g/mol. The number of benzene rings is 4. The van der Waals surface area contributed by atoms with Crippen molar-refractivity contribution in [2.45, 2.75) is 25.7 Å². The standard InChI is InChI=1S/C38H34N2O4/c1-3-24-43-33-6-5-7-34(26-33)44-25-4-2-23-42-32-18-12-28(13-19-32)36-21-15-30-9-8-29-14-20-35(39-37(29)38(30)40-36)27-10-16-31(17-11-27)41-22-1/h5-21,26H,1-4,22-25H2. The molecule has 0 N–H and O–H groups in total. The molecule has 0 atom stereocenters. The first-order chi connectivity index (χ1) is 21.8. The lowest BCUT2D eigenvalue weighted by Gasteiger charge is -2.11. The van der Waals surface area contributed by atoms with E-state index in [1.165, 1.54) is 0 Å². The quantitative estimate of drug-likeness (QED) is 0.167. The van der Waals surface area contributed by atoms with Gasteiger partial charge in [-0.1, -0.05) is 30.3 Å². The monoisotopic (exact) mass is 582 g/mol. The summed E-state index contributed by atoms with van der Waals surface area (Å²) in [7, 11) is 0. The summed E-state index contributed by atoms with van der Waals surface area (Å²) in [6.45, 7) is 2.52. The molecule has 0 radical (unpaired) electrons. The lowest BCUT2D eigenvalue weighted by molar-refractivity contribution is 0.259. The molecule has 3 aliphatic rings. The molecular weight excluding hydrogens is 548 g/mol. The zero-order chi connectivity index (χ0) is 29.6. The molecule has 0 aliphatic carbocycles. The van der Waals surface area contributed by atoms with Gasteiger partial charge in [0.2, 0.25) is 0 Å². The topological polar surface area (TPSA) is 62.7 Å². The second kappa shape index (κ2) is 13.0. The molecule has 0 fully saturated rings. The fourth-order valence-corrected chi connectivity index (χ4v) is 5.36. The molecule has 0 saturated heterocycles. The van der Waals surface area contributed by atoms with Gasteiger partial charge in [-0.2, -0.15) is 0 Å². The van der Waals surface area contributed by atoms with Crippen LogP contribution in [0.1, 0.15) is 25.7 Å². The molecule has 220 valence electrons. The van der Waals surface area contributed by atoms with E-state index in [1.54, 1.807) is 0 Å². The number of fused-ring (bicyclic) bond motifs is 2. The molecular formula is C38H34N2O4. The van der Waals surface area contributed by atoms with E-state index in [4.69, 9.17) is 28.9 Å². The first-order valence-electron chi connectivity index (χ1n) is 15.3. The Labute approximate surface area is 257 Å². The average Bonchev–Trinajstić information content (AvgIpc) is 3.08. The van der Waals surface area contributed by atoms with Crippen LogP contribution in [0.4, 0.5) is 0 Å². The Morgan fingerprint density at radius 3 is 1.20 bits per heavy atom.